The maximum atomic E-state index is 12.6. The lowest BCUT2D eigenvalue weighted by atomic mass is 10.1. The molecular formula is C15H19F3N2O2. The zero-order valence-corrected chi connectivity index (χ0v) is 12.6. The Hall–Kier alpha value is -2.05. The third-order valence-corrected chi connectivity index (χ3v) is 3.19. The molecule has 0 saturated carbocycles. The highest BCUT2D eigenvalue weighted by Gasteiger charge is 2.31. The number of alkyl halides is 3. The van der Waals surface area contributed by atoms with Crippen molar-refractivity contribution in [1.29, 1.82) is 0 Å². The van der Waals surface area contributed by atoms with Crippen LogP contribution < -0.4 is 10.6 Å². The van der Waals surface area contributed by atoms with Crippen molar-refractivity contribution in [3.05, 3.63) is 35.4 Å². The smallest absolute Gasteiger partial charge is 0.352 e. The molecule has 0 radical (unpaired) electrons. The first kappa shape index (κ1) is 18.0. The predicted molar refractivity (Wildman–Crippen MR) is 76.3 cm³/mol. The van der Waals surface area contributed by atoms with Crippen molar-refractivity contribution < 1.29 is 22.8 Å². The van der Waals surface area contributed by atoms with Crippen LogP contribution in [0.4, 0.5) is 13.2 Å². The van der Waals surface area contributed by atoms with E-state index in [2.05, 4.69) is 10.6 Å². The zero-order chi connectivity index (χ0) is 16.9. The van der Waals surface area contributed by atoms with Gasteiger partial charge in [0, 0.05) is 11.6 Å². The standard InChI is InChI=1S/C15H19F3N2O2/c1-4-9(2)19-13(21)10(3)20-14(22)11-6-5-7-12(8-11)15(16,17)18/h5-10H,4H2,1-3H3,(H,19,21)(H,20,22)/t9-,10-/m0/s1. The summed E-state index contributed by atoms with van der Waals surface area (Å²) >= 11 is 0. The maximum Gasteiger partial charge on any atom is 0.416 e. The van der Waals surface area contributed by atoms with Gasteiger partial charge in [-0.2, -0.15) is 13.2 Å². The van der Waals surface area contributed by atoms with Crippen LogP contribution in [0, 0.1) is 0 Å². The van der Waals surface area contributed by atoms with Gasteiger partial charge in [0.1, 0.15) is 6.04 Å². The molecule has 0 fully saturated rings. The summed E-state index contributed by atoms with van der Waals surface area (Å²) in [5.41, 5.74) is -1.05. The molecule has 0 aromatic heterocycles. The highest BCUT2D eigenvalue weighted by Crippen LogP contribution is 2.29. The van der Waals surface area contributed by atoms with Crippen molar-refractivity contribution in [3.8, 4) is 0 Å². The number of halogens is 3. The minimum Gasteiger partial charge on any atom is -0.352 e. The average molecular weight is 316 g/mol. The van der Waals surface area contributed by atoms with E-state index in [0.29, 0.717) is 0 Å². The Labute approximate surface area is 127 Å². The van der Waals surface area contributed by atoms with E-state index in [0.717, 1.165) is 24.6 Å². The van der Waals surface area contributed by atoms with Gasteiger partial charge >= 0.3 is 6.18 Å². The second-order valence-electron chi connectivity index (χ2n) is 5.09. The lowest BCUT2D eigenvalue weighted by Gasteiger charge is -2.17. The Balaban J connectivity index is 2.75. The molecule has 1 aromatic carbocycles. The van der Waals surface area contributed by atoms with Crippen molar-refractivity contribution in [3.63, 3.8) is 0 Å². The van der Waals surface area contributed by atoms with Crippen molar-refractivity contribution in [2.75, 3.05) is 0 Å². The largest absolute Gasteiger partial charge is 0.416 e. The van der Waals surface area contributed by atoms with Crippen LogP contribution in [0.15, 0.2) is 24.3 Å². The molecule has 2 N–H and O–H groups in total. The minimum atomic E-state index is -4.52. The van der Waals surface area contributed by atoms with Gasteiger partial charge in [0.25, 0.3) is 5.91 Å². The van der Waals surface area contributed by atoms with Crippen LogP contribution in [0.2, 0.25) is 0 Å². The summed E-state index contributed by atoms with van der Waals surface area (Å²) in [6.07, 6.45) is -3.78. The first-order valence-electron chi connectivity index (χ1n) is 6.93. The van der Waals surface area contributed by atoms with E-state index in [-0.39, 0.29) is 17.5 Å². The van der Waals surface area contributed by atoms with Gasteiger partial charge in [0.15, 0.2) is 0 Å². The van der Waals surface area contributed by atoms with Crippen molar-refractivity contribution in [2.45, 2.75) is 45.5 Å². The average Bonchev–Trinajstić information content (AvgIpc) is 2.46. The van der Waals surface area contributed by atoms with Gasteiger partial charge < -0.3 is 10.6 Å². The van der Waals surface area contributed by atoms with E-state index in [1.807, 2.05) is 13.8 Å². The number of carbonyl (C=O) groups is 2. The molecule has 0 unspecified atom stereocenters. The lowest BCUT2D eigenvalue weighted by molar-refractivity contribution is -0.137. The third kappa shape index (κ3) is 5.05. The van der Waals surface area contributed by atoms with Crippen LogP contribution in [0.5, 0.6) is 0 Å². The quantitative estimate of drug-likeness (QED) is 0.877. The van der Waals surface area contributed by atoms with Gasteiger partial charge in [-0.05, 0) is 38.5 Å². The highest BCUT2D eigenvalue weighted by atomic mass is 19.4. The highest BCUT2D eigenvalue weighted by molar-refractivity contribution is 5.97. The van der Waals surface area contributed by atoms with E-state index in [1.165, 1.54) is 13.0 Å². The maximum absolute atomic E-state index is 12.6. The summed E-state index contributed by atoms with van der Waals surface area (Å²) in [5, 5.41) is 5.07. The molecule has 1 aromatic rings. The number of carbonyl (C=O) groups excluding carboxylic acids is 2. The predicted octanol–water partition coefficient (Wildman–Crippen LogP) is 2.74. The van der Waals surface area contributed by atoms with Crippen LogP contribution in [0.1, 0.15) is 43.1 Å². The van der Waals surface area contributed by atoms with Crippen molar-refractivity contribution in [2.24, 2.45) is 0 Å². The monoisotopic (exact) mass is 316 g/mol. The summed E-state index contributed by atoms with van der Waals surface area (Å²) < 4.78 is 37.8. The second kappa shape index (κ2) is 7.29. The number of benzene rings is 1. The van der Waals surface area contributed by atoms with Gasteiger partial charge in [-0.25, -0.2) is 0 Å². The normalized spacial score (nSPS) is 14.1. The molecule has 1 rings (SSSR count). The third-order valence-electron chi connectivity index (χ3n) is 3.19. The molecule has 0 heterocycles. The summed E-state index contributed by atoms with van der Waals surface area (Å²) in [4.78, 5) is 23.7. The fraction of sp³-hybridized carbons (Fsp3) is 0.467. The summed E-state index contributed by atoms with van der Waals surface area (Å²) in [7, 11) is 0. The fourth-order valence-corrected chi connectivity index (χ4v) is 1.65. The molecular weight excluding hydrogens is 297 g/mol. The molecule has 0 saturated heterocycles. The number of rotatable bonds is 5. The molecule has 7 heteroatoms. The molecule has 0 aliphatic carbocycles. The zero-order valence-electron chi connectivity index (χ0n) is 12.6. The molecule has 0 spiro atoms. The topological polar surface area (TPSA) is 58.2 Å². The summed E-state index contributed by atoms with van der Waals surface area (Å²) in [5.74, 6) is -1.10. The molecule has 22 heavy (non-hydrogen) atoms. The van der Waals surface area contributed by atoms with E-state index < -0.39 is 23.7 Å². The van der Waals surface area contributed by atoms with E-state index >= 15 is 0 Å². The van der Waals surface area contributed by atoms with Crippen molar-refractivity contribution >= 4 is 11.8 Å². The van der Waals surface area contributed by atoms with Gasteiger partial charge in [-0.3, -0.25) is 9.59 Å². The van der Waals surface area contributed by atoms with E-state index in [1.54, 1.807) is 0 Å². The van der Waals surface area contributed by atoms with E-state index in [4.69, 9.17) is 0 Å². The molecule has 0 aliphatic rings. The van der Waals surface area contributed by atoms with Gasteiger partial charge in [-0.15, -0.1) is 0 Å². The molecule has 122 valence electrons. The van der Waals surface area contributed by atoms with Crippen LogP contribution in [0.25, 0.3) is 0 Å². The summed E-state index contributed by atoms with van der Waals surface area (Å²) in [6, 6.07) is 3.19. The summed E-state index contributed by atoms with van der Waals surface area (Å²) in [6.45, 7) is 5.19. The van der Waals surface area contributed by atoms with Gasteiger partial charge in [-0.1, -0.05) is 13.0 Å². The fourth-order valence-electron chi connectivity index (χ4n) is 1.65. The van der Waals surface area contributed by atoms with Gasteiger partial charge in [0.05, 0.1) is 5.56 Å². The Morgan fingerprint density at radius 1 is 1.18 bits per heavy atom. The number of amides is 2. The Morgan fingerprint density at radius 2 is 1.82 bits per heavy atom. The number of hydrogen-bond acceptors (Lipinski definition) is 2. The Bertz CT molecular complexity index is 544. The lowest BCUT2D eigenvalue weighted by Crippen LogP contribution is -2.47. The Kier molecular flexibility index (Phi) is 5.96. The van der Waals surface area contributed by atoms with Crippen LogP contribution in [-0.2, 0) is 11.0 Å². The van der Waals surface area contributed by atoms with Crippen molar-refractivity contribution in [1.82, 2.24) is 10.6 Å². The molecule has 2 atom stereocenters. The van der Waals surface area contributed by atoms with Crippen LogP contribution in [0.3, 0.4) is 0 Å². The minimum absolute atomic E-state index is 0.0413. The molecule has 0 bridgehead atoms. The first-order chi connectivity index (χ1) is 10.1. The van der Waals surface area contributed by atoms with Gasteiger partial charge in [0.2, 0.25) is 5.91 Å². The Morgan fingerprint density at radius 3 is 2.36 bits per heavy atom. The molecule has 0 aliphatic heterocycles. The SMILES string of the molecule is CC[C@H](C)NC(=O)[C@H](C)NC(=O)c1cccc(C(F)(F)F)c1. The van der Waals surface area contributed by atoms with Crippen LogP contribution in [-0.4, -0.2) is 23.9 Å². The van der Waals surface area contributed by atoms with E-state index in [9.17, 15) is 22.8 Å². The first-order valence-corrected chi connectivity index (χ1v) is 6.93. The molecule has 2 amide bonds. The number of hydrogen-bond donors (Lipinski definition) is 2. The van der Waals surface area contributed by atoms with Crippen LogP contribution >= 0.6 is 0 Å². The molecule has 4 nitrogen and oxygen atoms in total. The second-order valence-corrected chi connectivity index (χ2v) is 5.09. The number of nitrogens with one attached hydrogen (secondary N) is 2.